The van der Waals surface area contributed by atoms with E-state index in [0.29, 0.717) is 17.2 Å². The van der Waals surface area contributed by atoms with Crippen molar-refractivity contribution in [2.24, 2.45) is 0 Å². The molecule has 1 N–H and O–H groups in total. The van der Waals surface area contributed by atoms with Gasteiger partial charge in [0.15, 0.2) is 0 Å². The first-order valence-electron chi connectivity index (χ1n) is 5.89. The SMILES string of the molecule is Cc1cc(Cl)ccc1C(=O)NOCc1ccccc1. The second-order valence-corrected chi connectivity index (χ2v) is 4.60. The first-order chi connectivity index (χ1) is 9.16. The molecule has 2 rings (SSSR count). The maximum Gasteiger partial charge on any atom is 0.275 e. The lowest BCUT2D eigenvalue weighted by atomic mass is 10.1. The third-order valence-electron chi connectivity index (χ3n) is 2.68. The number of carbonyl (C=O) groups excluding carboxylic acids is 1. The molecular formula is C15H14ClNO2. The van der Waals surface area contributed by atoms with Crippen molar-refractivity contribution in [2.75, 3.05) is 0 Å². The highest BCUT2D eigenvalue weighted by atomic mass is 35.5. The minimum absolute atomic E-state index is 0.273. The number of hydrogen-bond acceptors (Lipinski definition) is 2. The van der Waals surface area contributed by atoms with Crippen LogP contribution < -0.4 is 5.48 Å². The third kappa shape index (κ3) is 3.81. The van der Waals surface area contributed by atoms with Crippen molar-refractivity contribution >= 4 is 17.5 Å². The fourth-order valence-corrected chi connectivity index (χ4v) is 1.92. The van der Waals surface area contributed by atoms with Crippen molar-refractivity contribution < 1.29 is 9.63 Å². The maximum absolute atomic E-state index is 11.9. The van der Waals surface area contributed by atoms with Gasteiger partial charge in [0.05, 0.1) is 6.61 Å². The van der Waals surface area contributed by atoms with Gasteiger partial charge in [-0.15, -0.1) is 0 Å². The molecule has 1 amide bonds. The van der Waals surface area contributed by atoms with Gasteiger partial charge in [0.25, 0.3) is 5.91 Å². The Bertz CT molecular complexity index is 570. The molecule has 0 aromatic heterocycles. The van der Waals surface area contributed by atoms with Gasteiger partial charge in [-0.05, 0) is 36.2 Å². The number of rotatable bonds is 4. The molecule has 0 saturated carbocycles. The molecule has 0 atom stereocenters. The second kappa shape index (κ2) is 6.36. The molecule has 0 aliphatic heterocycles. The van der Waals surface area contributed by atoms with Crippen LogP contribution in [-0.4, -0.2) is 5.91 Å². The minimum Gasteiger partial charge on any atom is -0.269 e. The van der Waals surface area contributed by atoms with Crippen molar-refractivity contribution in [3.05, 3.63) is 70.2 Å². The van der Waals surface area contributed by atoms with Crippen LogP contribution in [0.25, 0.3) is 0 Å². The average Bonchev–Trinajstić information content (AvgIpc) is 2.39. The van der Waals surface area contributed by atoms with Crippen LogP contribution in [0.2, 0.25) is 5.02 Å². The number of hydrogen-bond donors (Lipinski definition) is 1. The summed E-state index contributed by atoms with van der Waals surface area (Å²) >= 11 is 5.84. The van der Waals surface area contributed by atoms with Crippen molar-refractivity contribution in [1.29, 1.82) is 0 Å². The van der Waals surface area contributed by atoms with Crippen molar-refractivity contribution in [2.45, 2.75) is 13.5 Å². The van der Waals surface area contributed by atoms with E-state index in [1.54, 1.807) is 18.2 Å². The van der Waals surface area contributed by atoms with Crippen molar-refractivity contribution in [1.82, 2.24) is 5.48 Å². The fourth-order valence-electron chi connectivity index (χ4n) is 1.70. The van der Waals surface area contributed by atoms with E-state index < -0.39 is 0 Å². The Balaban J connectivity index is 1.91. The number of benzene rings is 2. The predicted molar refractivity (Wildman–Crippen MR) is 74.9 cm³/mol. The first kappa shape index (κ1) is 13.6. The Kier molecular flexibility index (Phi) is 4.55. The molecule has 2 aromatic carbocycles. The molecule has 2 aromatic rings. The highest BCUT2D eigenvalue weighted by Crippen LogP contribution is 2.15. The predicted octanol–water partition coefficient (Wildman–Crippen LogP) is 3.51. The quantitative estimate of drug-likeness (QED) is 0.867. The number of halogens is 1. The summed E-state index contributed by atoms with van der Waals surface area (Å²) in [6.07, 6.45) is 0. The largest absolute Gasteiger partial charge is 0.275 e. The number of amides is 1. The minimum atomic E-state index is -0.273. The Morgan fingerprint density at radius 1 is 1.21 bits per heavy atom. The van der Waals surface area contributed by atoms with Crippen LogP contribution in [0.5, 0.6) is 0 Å². The van der Waals surface area contributed by atoms with Gasteiger partial charge in [0, 0.05) is 10.6 Å². The van der Waals surface area contributed by atoms with Crippen LogP contribution >= 0.6 is 11.6 Å². The summed E-state index contributed by atoms with van der Waals surface area (Å²) in [4.78, 5) is 17.1. The zero-order chi connectivity index (χ0) is 13.7. The summed E-state index contributed by atoms with van der Waals surface area (Å²) < 4.78 is 0. The zero-order valence-corrected chi connectivity index (χ0v) is 11.3. The van der Waals surface area contributed by atoms with E-state index in [1.807, 2.05) is 37.3 Å². The van der Waals surface area contributed by atoms with Crippen LogP contribution in [0.3, 0.4) is 0 Å². The summed E-state index contributed by atoms with van der Waals surface area (Å²) in [5.41, 5.74) is 4.79. The van der Waals surface area contributed by atoms with Crippen LogP contribution in [0, 0.1) is 6.92 Å². The number of carbonyl (C=O) groups is 1. The molecule has 0 saturated heterocycles. The molecule has 0 spiro atoms. The standard InChI is InChI=1S/C15H14ClNO2/c1-11-9-13(16)7-8-14(11)15(18)17-19-10-12-5-3-2-4-6-12/h2-9H,10H2,1H3,(H,17,18). The lowest BCUT2D eigenvalue weighted by molar-refractivity contribution is 0.0233. The molecule has 0 radical (unpaired) electrons. The molecule has 4 heteroatoms. The summed E-state index contributed by atoms with van der Waals surface area (Å²) in [6.45, 7) is 2.16. The summed E-state index contributed by atoms with van der Waals surface area (Å²) in [6, 6.07) is 14.7. The molecule has 0 aliphatic carbocycles. The Morgan fingerprint density at radius 3 is 2.63 bits per heavy atom. The topological polar surface area (TPSA) is 38.3 Å². The molecule has 0 fully saturated rings. The van der Waals surface area contributed by atoms with Crippen LogP contribution in [0.4, 0.5) is 0 Å². The van der Waals surface area contributed by atoms with E-state index in [9.17, 15) is 4.79 Å². The second-order valence-electron chi connectivity index (χ2n) is 4.16. The van der Waals surface area contributed by atoms with Gasteiger partial charge in [0.1, 0.15) is 0 Å². The van der Waals surface area contributed by atoms with Gasteiger partial charge in [-0.2, -0.15) is 0 Å². The molecule has 0 bridgehead atoms. The Labute approximate surface area is 117 Å². The first-order valence-corrected chi connectivity index (χ1v) is 6.27. The van der Waals surface area contributed by atoms with E-state index in [-0.39, 0.29) is 5.91 Å². The normalized spacial score (nSPS) is 10.2. The fraction of sp³-hybridized carbons (Fsp3) is 0.133. The molecule has 0 unspecified atom stereocenters. The average molecular weight is 276 g/mol. The van der Waals surface area contributed by atoms with Gasteiger partial charge in [-0.25, -0.2) is 5.48 Å². The highest BCUT2D eigenvalue weighted by molar-refractivity contribution is 6.30. The molecular weight excluding hydrogens is 262 g/mol. The summed E-state index contributed by atoms with van der Waals surface area (Å²) in [7, 11) is 0. The van der Waals surface area contributed by atoms with Gasteiger partial charge in [0.2, 0.25) is 0 Å². The summed E-state index contributed by atoms with van der Waals surface area (Å²) in [5.74, 6) is -0.273. The van der Waals surface area contributed by atoms with E-state index in [0.717, 1.165) is 11.1 Å². The Morgan fingerprint density at radius 2 is 1.95 bits per heavy atom. The van der Waals surface area contributed by atoms with Gasteiger partial charge < -0.3 is 0 Å². The smallest absolute Gasteiger partial charge is 0.269 e. The lowest BCUT2D eigenvalue weighted by Crippen LogP contribution is -2.24. The molecule has 0 heterocycles. The number of nitrogens with one attached hydrogen (secondary N) is 1. The van der Waals surface area contributed by atoms with Crippen molar-refractivity contribution in [3.63, 3.8) is 0 Å². The highest BCUT2D eigenvalue weighted by Gasteiger charge is 2.09. The molecule has 3 nitrogen and oxygen atoms in total. The van der Waals surface area contributed by atoms with Gasteiger partial charge in [-0.3, -0.25) is 9.63 Å². The lowest BCUT2D eigenvalue weighted by Gasteiger charge is -2.08. The number of aryl methyl sites for hydroxylation is 1. The van der Waals surface area contributed by atoms with E-state index in [1.165, 1.54) is 0 Å². The molecule has 0 aliphatic rings. The van der Waals surface area contributed by atoms with E-state index in [4.69, 9.17) is 16.4 Å². The third-order valence-corrected chi connectivity index (χ3v) is 2.91. The van der Waals surface area contributed by atoms with Crippen molar-refractivity contribution in [3.8, 4) is 0 Å². The molecule has 19 heavy (non-hydrogen) atoms. The van der Waals surface area contributed by atoms with Crippen LogP contribution in [0.1, 0.15) is 21.5 Å². The summed E-state index contributed by atoms with van der Waals surface area (Å²) in [5, 5.41) is 0.610. The van der Waals surface area contributed by atoms with E-state index in [2.05, 4.69) is 5.48 Å². The monoisotopic (exact) mass is 275 g/mol. The maximum atomic E-state index is 11.9. The van der Waals surface area contributed by atoms with E-state index >= 15 is 0 Å². The Hall–Kier alpha value is -1.84. The van der Waals surface area contributed by atoms with Crippen LogP contribution in [0.15, 0.2) is 48.5 Å². The number of hydroxylamine groups is 1. The molecule has 98 valence electrons. The van der Waals surface area contributed by atoms with Gasteiger partial charge in [-0.1, -0.05) is 41.9 Å². The van der Waals surface area contributed by atoms with Gasteiger partial charge >= 0.3 is 0 Å². The zero-order valence-electron chi connectivity index (χ0n) is 10.5. The van der Waals surface area contributed by atoms with Crippen LogP contribution in [-0.2, 0) is 11.4 Å².